The SMILES string of the molecule is CCCC(C)C(N)CN(C)C. The fourth-order valence-electron chi connectivity index (χ4n) is 1.27. The van der Waals surface area contributed by atoms with Gasteiger partial charge in [-0.1, -0.05) is 20.3 Å². The maximum atomic E-state index is 5.96. The molecule has 11 heavy (non-hydrogen) atoms. The molecule has 68 valence electrons. The molecule has 0 heterocycles. The first kappa shape index (κ1) is 10.9. The average molecular weight is 158 g/mol. The summed E-state index contributed by atoms with van der Waals surface area (Å²) in [6, 6.07) is 0.338. The molecule has 0 saturated carbocycles. The molecule has 0 aromatic heterocycles. The van der Waals surface area contributed by atoms with Crippen LogP contribution in [0.5, 0.6) is 0 Å². The summed E-state index contributed by atoms with van der Waals surface area (Å²) in [5.41, 5.74) is 5.96. The molecule has 0 aliphatic carbocycles. The van der Waals surface area contributed by atoms with Crippen molar-refractivity contribution in [1.82, 2.24) is 4.90 Å². The van der Waals surface area contributed by atoms with Crippen molar-refractivity contribution in [3.05, 3.63) is 0 Å². The highest BCUT2D eigenvalue weighted by Crippen LogP contribution is 2.08. The van der Waals surface area contributed by atoms with Crippen molar-refractivity contribution in [2.24, 2.45) is 11.7 Å². The van der Waals surface area contributed by atoms with Gasteiger partial charge in [-0.05, 0) is 26.4 Å². The number of rotatable bonds is 5. The average Bonchev–Trinajstić information content (AvgIpc) is 1.86. The van der Waals surface area contributed by atoms with Gasteiger partial charge in [-0.3, -0.25) is 0 Å². The van der Waals surface area contributed by atoms with Crippen LogP contribution in [-0.4, -0.2) is 31.6 Å². The molecule has 2 N–H and O–H groups in total. The van der Waals surface area contributed by atoms with Gasteiger partial charge in [0.05, 0.1) is 0 Å². The van der Waals surface area contributed by atoms with Crippen molar-refractivity contribution >= 4 is 0 Å². The lowest BCUT2D eigenvalue weighted by Gasteiger charge is -2.22. The molecule has 0 aromatic carbocycles. The Kier molecular flexibility index (Phi) is 5.51. The standard InChI is InChI=1S/C9H22N2/c1-5-6-8(2)9(10)7-11(3)4/h8-9H,5-7,10H2,1-4H3. The third-order valence-corrected chi connectivity index (χ3v) is 2.05. The van der Waals surface area contributed by atoms with Gasteiger partial charge >= 0.3 is 0 Å². The second kappa shape index (κ2) is 5.56. The smallest absolute Gasteiger partial charge is 0.0193 e. The van der Waals surface area contributed by atoms with E-state index in [9.17, 15) is 0 Å². The van der Waals surface area contributed by atoms with Crippen LogP contribution in [0.3, 0.4) is 0 Å². The zero-order valence-corrected chi connectivity index (χ0v) is 8.30. The van der Waals surface area contributed by atoms with Crippen LogP contribution in [0.1, 0.15) is 26.7 Å². The van der Waals surface area contributed by atoms with E-state index in [1.165, 1.54) is 12.8 Å². The summed E-state index contributed by atoms with van der Waals surface area (Å²) < 4.78 is 0. The molecule has 0 rings (SSSR count). The molecule has 0 spiro atoms. The number of hydrogen-bond acceptors (Lipinski definition) is 2. The van der Waals surface area contributed by atoms with Crippen LogP contribution in [0.15, 0.2) is 0 Å². The molecule has 0 aliphatic heterocycles. The Morgan fingerprint density at radius 2 is 1.91 bits per heavy atom. The van der Waals surface area contributed by atoms with Crippen LogP contribution in [0, 0.1) is 5.92 Å². The second-order valence-corrected chi connectivity index (χ2v) is 3.69. The van der Waals surface area contributed by atoms with E-state index in [0.717, 1.165) is 6.54 Å². The topological polar surface area (TPSA) is 29.3 Å². The van der Waals surface area contributed by atoms with Crippen molar-refractivity contribution in [1.29, 1.82) is 0 Å². The largest absolute Gasteiger partial charge is 0.326 e. The van der Waals surface area contributed by atoms with E-state index in [0.29, 0.717) is 12.0 Å². The predicted molar refractivity (Wildman–Crippen MR) is 50.6 cm³/mol. The summed E-state index contributed by atoms with van der Waals surface area (Å²) in [5.74, 6) is 0.655. The van der Waals surface area contributed by atoms with Gasteiger partial charge in [-0.25, -0.2) is 0 Å². The minimum atomic E-state index is 0.338. The van der Waals surface area contributed by atoms with E-state index in [-0.39, 0.29) is 0 Å². The highest BCUT2D eigenvalue weighted by Gasteiger charge is 2.11. The number of nitrogens with two attached hydrogens (primary N) is 1. The first-order valence-corrected chi connectivity index (χ1v) is 4.48. The van der Waals surface area contributed by atoms with Crippen molar-refractivity contribution in [2.45, 2.75) is 32.7 Å². The minimum absolute atomic E-state index is 0.338. The maximum Gasteiger partial charge on any atom is 0.0193 e. The summed E-state index contributed by atoms with van der Waals surface area (Å²) >= 11 is 0. The van der Waals surface area contributed by atoms with E-state index in [4.69, 9.17) is 5.73 Å². The molecule has 2 heteroatoms. The zero-order valence-electron chi connectivity index (χ0n) is 8.30. The zero-order chi connectivity index (χ0) is 8.85. The van der Waals surface area contributed by atoms with Crippen molar-refractivity contribution in [3.8, 4) is 0 Å². The molecule has 0 aromatic rings. The van der Waals surface area contributed by atoms with Gasteiger partial charge in [0, 0.05) is 12.6 Å². The Hall–Kier alpha value is -0.0800. The first-order valence-electron chi connectivity index (χ1n) is 4.48. The lowest BCUT2D eigenvalue weighted by molar-refractivity contribution is 0.309. The molecule has 0 aliphatic rings. The lowest BCUT2D eigenvalue weighted by atomic mass is 9.97. The van der Waals surface area contributed by atoms with Crippen molar-refractivity contribution in [2.75, 3.05) is 20.6 Å². The molecule has 0 saturated heterocycles. The van der Waals surface area contributed by atoms with E-state index >= 15 is 0 Å². The quantitative estimate of drug-likeness (QED) is 0.653. The van der Waals surface area contributed by atoms with Crippen LogP contribution in [-0.2, 0) is 0 Å². The fraction of sp³-hybridized carbons (Fsp3) is 1.00. The Labute approximate surface area is 70.8 Å². The van der Waals surface area contributed by atoms with Crippen LogP contribution in [0.25, 0.3) is 0 Å². The van der Waals surface area contributed by atoms with Gasteiger partial charge in [-0.15, -0.1) is 0 Å². The number of likely N-dealkylation sites (N-methyl/N-ethyl adjacent to an activating group) is 1. The molecule has 0 bridgehead atoms. The van der Waals surface area contributed by atoms with Crippen LogP contribution in [0.2, 0.25) is 0 Å². The van der Waals surface area contributed by atoms with Crippen LogP contribution in [0.4, 0.5) is 0 Å². The van der Waals surface area contributed by atoms with E-state index < -0.39 is 0 Å². The molecule has 2 unspecified atom stereocenters. The molecule has 2 atom stereocenters. The summed E-state index contributed by atoms with van der Waals surface area (Å²) in [5, 5.41) is 0. The third-order valence-electron chi connectivity index (χ3n) is 2.05. The van der Waals surface area contributed by atoms with Gasteiger partial charge < -0.3 is 10.6 Å². The summed E-state index contributed by atoms with van der Waals surface area (Å²) in [7, 11) is 4.14. The van der Waals surface area contributed by atoms with Gasteiger partial charge in [0.25, 0.3) is 0 Å². The third kappa shape index (κ3) is 5.22. The van der Waals surface area contributed by atoms with E-state index in [1.54, 1.807) is 0 Å². The second-order valence-electron chi connectivity index (χ2n) is 3.69. The molecule has 0 radical (unpaired) electrons. The monoisotopic (exact) mass is 158 g/mol. The molecule has 2 nitrogen and oxygen atoms in total. The molecule has 0 fully saturated rings. The number of hydrogen-bond donors (Lipinski definition) is 1. The van der Waals surface area contributed by atoms with Gasteiger partial charge in [0.15, 0.2) is 0 Å². The predicted octanol–water partition coefficient (Wildman–Crippen LogP) is 1.31. The van der Waals surface area contributed by atoms with E-state index in [1.807, 2.05) is 0 Å². The normalized spacial score (nSPS) is 16.9. The van der Waals surface area contributed by atoms with Crippen LogP contribution < -0.4 is 5.73 Å². The fourth-order valence-corrected chi connectivity index (χ4v) is 1.27. The minimum Gasteiger partial charge on any atom is -0.326 e. The molecular formula is C9H22N2. The summed E-state index contributed by atoms with van der Waals surface area (Å²) in [4.78, 5) is 2.15. The van der Waals surface area contributed by atoms with Crippen molar-refractivity contribution < 1.29 is 0 Å². The van der Waals surface area contributed by atoms with Gasteiger partial charge in [0.2, 0.25) is 0 Å². The summed E-state index contributed by atoms with van der Waals surface area (Å²) in [6.07, 6.45) is 2.48. The lowest BCUT2D eigenvalue weighted by Crippen LogP contribution is -2.38. The maximum absolute atomic E-state index is 5.96. The Balaban J connectivity index is 3.54. The Morgan fingerprint density at radius 3 is 2.27 bits per heavy atom. The molecular weight excluding hydrogens is 136 g/mol. The molecule has 0 amide bonds. The number of nitrogens with zero attached hydrogens (tertiary/aromatic N) is 1. The van der Waals surface area contributed by atoms with Gasteiger partial charge in [-0.2, -0.15) is 0 Å². The first-order chi connectivity index (χ1) is 5.07. The highest BCUT2D eigenvalue weighted by atomic mass is 15.1. The van der Waals surface area contributed by atoms with Crippen LogP contribution >= 0.6 is 0 Å². The van der Waals surface area contributed by atoms with E-state index in [2.05, 4.69) is 32.8 Å². The highest BCUT2D eigenvalue weighted by molar-refractivity contribution is 4.70. The Bertz CT molecular complexity index is 91.6. The van der Waals surface area contributed by atoms with Crippen molar-refractivity contribution in [3.63, 3.8) is 0 Å². The summed E-state index contributed by atoms with van der Waals surface area (Å²) in [6.45, 7) is 5.44. The van der Waals surface area contributed by atoms with Gasteiger partial charge in [0.1, 0.15) is 0 Å². The Morgan fingerprint density at radius 1 is 1.36 bits per heavy atom.